The number of nitrogens with zero attached hydrogens (tertiary/aromatic N) is 2. The van der Waals surface area contributed by atoms with Gasteiger partial charge >= 0.3 is 6.18 Å². The van der Waals surface area contributed by atoms with Crippen LogP contribution in [0, 0.1) is 6.92 Å². The lowest BCUT2D eigenvalue weighted by atomic mass is 9.91. The molecule has 2 bridgehead atoms. The molecule has 3 unspecified atom stereocenters. The molecule has 5 nitrogen and oxygen atoms in total. The van der Waals surface area contributed by atoms with Crippen LogP contribution >= 0.6 is 0 Å². The van der Waals surface area contributed by atoms with Gasteiger partial charge in [0.05, 0.1) is 6.26 Å². The Morgan fingerprint density at radius 3 is 2.18 bits per heavy atom. The summed E-state index contributed by atoms with van der Waals surface area (Å²) in [6.07, 6.45) is -1.60. The molecule has 2 aromatic carbocycles. The van der Waals surface area contributed by atoms with Gasteiger partial charge in [0.15, 0.2) is 5.60 Å². The Bertz CT molecular complexity index is 1130. The van der Waals surface area contributed by atoms with E-state index in [1.54, 1.807) is 16.4 Å². The van der Waals surface area contributed by atoms with Crippen molar-refractivity contribution < 1.29 is 26.7 Å². The lowest BCUT2D eigenvalue weighted by Gasteiger charge is -2.50. The minimum Gasteiger partial charge on any atom is -0.376 e. The Balaban J connectivity index is 1.48. The fourth-order valence-electron chi connectivity index (χ4n) is 5.00. The molecule has 1 N–H and O–H groups in total. The smallest absolute Gasteiger partial charge is 0.376 e. The molecule has 0 aliphatic carbocycles. The zero-order valence-electron chi connectivity index (χ0n) is 18.9. The summed E-state index contributed by atoms with van der Waals surface area (Å²) in [6, 6.07) is 12.1. The number of hydrogen-bond acceptors (Lipinski definition) is 4. The summed E-state index contributed by atoms with van der Waals surface area (Å²) >= 11 is 0. The number of aryl methyl sites for hydroxylation is 1. The van der Waals surface area contributed by atoms with Crippen molar-refractivity contribution in [3.8, 4) is 11.1 Å². The van der Waals surface area contributed by atoms with Crippen LogP contribution in [0.25, 0.3) is 11.1 Å². The molecule has 2 aromatic rings. The Hall–Kier alpha value is -1.94. The third kappa shape index (κ3) is 4.69. The first kappa shape index (κ1) is 24.2. The predicted octanol–water partition coefficient (Wildman–Crippen LogP) is 4.04. The van der Waals surface area contributed by atoms with Gasteiger partial charge in [0.2, 0.25) is 10.0 Å². The lowest BCUT2D eigenvalue weighted by Crippen LogP contribution is -2.63. The minimum absolute atomic E-state index is 0.0257. The highest BCUT2D eigenvalue weighted by Gasteiger charge is 2.51. The molecule has 3 saturated heterocycles. The molecule has 0 amide bonds. The van der Waals surface area contributed by atoms with Crippen LogP contribution in [0.4, 0.5) is 13.2 Å². The second kappa shape index (κ2) is 8.37. The molecule has 3 fully saturated rings. The largest absolute Gasteiger partial charge is 0.421 e. The molecule has 9 heteroatoms. The number of alkyl halides is 3. The molecule has 0 spiro atoms. The fraction of sp³-hybridized carbons (Fsp3) is 0.500. The predicted molar refractivity (Wildman–Crippen MR) is 121 cm³/mol. The van der Waals surface area contributed by atoms with E-state index in [2.05, 4.69) is 11.0 Å². The van der Waals surface area contributed by atoms with Gasteiger partial charge < -0.3 is 5.11 Å². The average Bonchev–Trinajstić information content (AvgIpc) is 2.73. The standard InChI is InChI=1S/C24H29F3N2O3S/c1-16-12-17(13-28-14-21-10-9-20(28)15-29(21)33(3,31)32)4-11-22(16)18-5-7-19(8-6-18)23(2,30)24(25,26)27/h4-8,11-12,20-21,30H,9-10,13-15H2,1-3H3. The summed E-state index contributed by atoms with van der Waals surface area (Å²) in [6.45, 7) is 4.71. The molecule has 0 saturated carbocycles. The molecule has 33 heavy (non-hydrogen) atoms. The number of piperidine rings is 2. The zero-order valence-corrected chi connectivity index (χ0v) is 19.7. The number of piperazine rings is 1. The monoisotopic (exact) mass is 482 g/mol. The number of fused-ring (bicyclic) bond motifs is 3. The molecule has 3 aliphatic rings. The van der Waals surface area contributed by atoms with Crippen LogP contribution in [0.2, 0.25) is 0 Å². The molecule has 0 radical (unpaired) electrons. The lowest BCUT2D eigenvalue weighted by molar-refractivity contribution is -0.258. The van der Waals surface area contributed by atoms with Crippen LogP contribution in [0.3, 0.4) is 0 Å². The Morgan fingerprint density at radius 1 is 1.03 bits per heavy atom. The topological polar surface area (TPSA) is 60.9 Å². The number of aliphatic hydroxyl groups is 1. The number of halogens is 3. The van der Waals surface area contributed by atoms with E-state index in [0.717, 1.165) is 55.1 Å². The van der Waals surface area contributed by atoms with Gasteiger partial charge in [-0.2, -0.15) is 17.5 Å². The van der Waals surface area contributed by atoms with E-state index in [9.17, 15) is 26.7 Å². The van der Waals surface area contributed by atoms with Crippen molar-refractivity contribution in [3.05, 3.63) is 59.2 Å². The van der Waals surface area contributed by atoms with Crippen LogP contribution in [-0.2, 0) is 22.2 Å². The summed E-state index contributed by atoms with van der Waals surface area (Å²) < 4.78 is 65.0. The minimum atomic E-state index is -4.75. The highest BCUT2D eigenvalue weighted by molar-refractivity contribution is 7.88. The van der Waals surface area contributed by atoms with E-state index in [1.807, 2.05) is 19.1 Å². The van der Waals surface area contributed by atoms with Gasteiger partial charge in [-0.1, -0.05) is 42.5 Å². The van der Waals surface area contributed by atoms with E-state index in [4.69, 9.17) is 0 Å². The average molecular weight is 483 g/mol. The van der Waals surface area contributed by atoms with Crippen molar-refractivity contribution in [2.75, 3.05) is 19.3 Å². The van der Waals surface area contributed by atoms with Crippen LogP contribution in [0.15, 0.2) is 42.5 Å². The highest BCUT2D eigenvalue weighted by atomic mass is 32.2. The van der Waals surface area contributed by atoms with Crippen LogP contribution < -0.4 is 0 Å². The van der Waals surface area contributed by atoms with Crippen molar-refractivity contribution >= 4 is 10.0 Å². The molecule has 0 aromatic heterocycles. The van der Waals surface area contributed by atoms with E-state index in [0.29, 0.717) is 6.54 Å². The van der Waals surface area contributed by atoms with Crippen LogP contribution in [-0.4, -0.2) is 60.3 Å². The van der Waals surface area contributed by atoms with Gasteiger partial charge in [-0.3, -0.25) is 4.90 Å². The first-order valence-electron chi connectivity index (χ1n) is 11.0. The second-order valence-electron chi connectivity index (χ2n) is 9.44. The highest BCUT2D eigenvalue weighted by Crippen LogP contribution is 2.39. The van der Waals surface area contributed by atoms with E-state index >= 15 is 0 Å². The molecule has 3 aliphatic heterocycles. The number of rotatable bonds is 5. The third-order valence-electron chi connectivity index (χ3n) is 7.01. The summed E-state index contributed by atoms with van der Waals surface area (Å²) in [5, 5.41) is 9.87. The van der Waals surface area contributed by atoms with Gasteiger partial charge in [-0.05, 0) is 54.5 Å². The molecule has 3 heterocycles. The fourth-order valence-corrected chi connectivity index (χ4v) is 6.15. The summed E-state index contributed by atoms with van der Waals surface area (Å²) in [4.78, 5) is 2.35. The maximum Gasteiger partial charge on any atom is 0.421 e. The SMILES string of the molecule is Cc1cc(CN2CC3CCC2CN3S(C)(=O)=O)ccc1-c1ccc(C(C)(O)C(F)(F)F)cc1. The summed E-state index contributed by atoms with van der Waals surface area (Å²) in [7, 11) is -3.19. The quantitative estimate of drug-likeness (QED) is 0.699. The van der Waals surface area contributed by atoms with E-state index in [-0.39, 0.29) is 17.6 Å². The van der Waals surface area contributed by atoms with Gasteiger partial charge in [-0.25, -0.2) is 8.42 Å². The maximum atomic E-state index is 13.1. The normalized spacial score (nSPS) is 24.1. The molecular formula is C24H29F3N2O3S. The van der Waals surface area contributed by atoms with Gasteiger partial charge in [0, 0.05) is 31.7 Å². The van der Waals surface area contributed by atoms with Crippen molar-refractivity contribution in [2.24, 2.45) is 0 Å². The molecule has 5 rings (SSSR count). The number of hydrogen-bond donors (Lipinski definition) is 1. The maximum absolute atomic E-state index is 13.1. The molecular weight excluding hydrogens is 453 g/mol. The van der Waals surface area contributed by atoms with Crippen molar-refractivity contribution in [2.45, 2.75) is 57.1 Å². The van der Waals surface area contributed by atoms with Crippen LogP contribution in [0.1, 0.15) is 36.5 Å². The van der Waals surface area contributed by atoms with E-state index in [1.165, 1.54) is 18.4 Å². The van der Waals surface area contributed by atoms with Crippen molar-refractivity contribution in [1.82, 2.24) is 9.21 Å². The summed E-state index contributed by atoms with van der Waals surface area (Å²) in [5.41, 5.74) is 0.720. The first-order chi connectivity index (χ1) is 15.3. The Morgan fingerprint density at radius 2 is 1.67 bits per heavy atom. The Labute approximate surface area is 192 Å². The second-order valence-corrected chi connectivity index (χ2v) is 11.4. The molecule has 180 valence electrons. The number of sulfonamides is 1. The van der Waals surface area contributed by atoms with Gasteiger partial charge in [0.25, 0.3) is 0 Å². The van der Waals surface area contributed by atoms with E-state index < -0.39 is 21.8 Å². The van der Waals surface area contributed by atoms with Gasteiger partial charge in [-0.15, -0.1) is 0 Å². The van der Waals surface area contributed by atoms with Crippen molar-refractivity contribution in [1.29, 1.82) is 0 Å². The zero-order chi connectivity index (χ0) is 24.2. The first-order valence-corrected chi connectivity index (χ1v) is 12.8. The number of benzene rings is 2. The van der Waals surface area contributed by atoms with Crippen molar-refractivity contribution in [3.63, 3.8) is 0 Å². The molecule has 3 atom stereocenters. The third-order valence-corrected chi connectivity index (χ3v) is 8.30. The van der Waals surface area contributed by atoms with Crippen LogP contribution in [0.5, 0.6) is 0 Å². The van der Waals surface area contributed by atoms with Gasteiger partial charge in [0.1, 0.15) is 0 Å². The Kier molecular flexibility index (Phi) is 6.14. The summed E-state index contributed by atoms with van der Waals surface area (Å²) in [5.74, 6) is 0.